The summed E-state index contributed by atoms with van der Waals surface area (Å²) in [6.07, 6.45) is -4.52. The maximum atomic E-state index is 13.3. The van der Waals surface area contributed by atoms with Crippen molar-refractivity contribution in [2.75, 3.05) is 11.8 Å². The summed E-state index contributed by atoms with van der Waals surface area (Å²) in [6, 6.07) is 6.32. The Hall–Kier alpha value is -2.29. The molecule has 9 heteroatoms. The van der Waals surface area contributed by atoms with E-state index in [0.29, 0.717) is 0 Å². The van der Waals surface area contributed by atoms with E-state index in [4.69, 9.17) is 4.74 Å². The lowest BCUT2D eigenvalue weighted by atomic mass is 10.2. The monoisotopic (exact) mass is 349 g/mol. The molecule has 124 valence electrons. The van der Waals surface area contributed by atoms with E-state index in [1.165, 1.54) is 7.11 Å². The number of hydrogen-bond acceptors (Lipinski definition) is 3. The van der Waals surface area contributed by atoms with Crippen LogP contribution in [0.4, 0.5) is 23.2 Å². The maximum absolute atomic E-state index is 13.3. The number of anilines is 1. The van der Waals surface area contributed by atoms with E-state index in [9.17, 15) is 26.0 Å². The lowest BCUT2D eigenvalue weighted by Crippen LogP contribution is -2.14. The highest BCUT2D eigenvalue weighted by atomic mass is 32.2. The van der Waals surface area contributed by atoms with Crippen molar-refractivity contribution >= 4 is 15.7 Å². The highest BCUT2D eigenvalue weighted by Gasteiger charge is 2.30. The van der Waals surface area contributed by atoms with Gasteiger partial charge in [0, 0.05) is 5.69 Å². The van der Waals surface area contributed by atoms with Crippen LogP contribution < -0.4 is 9.46 Å². The largest absolute Gasteiger partial charge is 0.495 e. The zero-order valence-corrected chi connectivity index (χ0v) is 12.5. The molecule has 2 aromatic carbocycles. The van der Waals surface area contributed by atoms with E-state index in [0.717, 1.165) is 42.5 Å². The van der Waals surface area contributed by atoms with E-state index in [-0.39, 0.29) is 11.4 Å². The van der Waals surface area contributed by atoms with Crippen LogP contribution in [0.5, 0.6) is 5.75 Å². The van der Waals surface area contributed by atoms with Crippen LogP contribution in [0.25, 0.3) is 0 Å². The number of benzene rings is 2. The van der Waals surface area contributed by atoms with Crippen LogP contribution in [0.2, 0.25) is 0 Å². The van der Waals surface area contributed by atoms with Crippen molar-refractivity contribution in [2.24, 2.45) is 0 Å². The van der Waals surface area contributed by atoms with Crippen LogP contribution >= 0.6 is 0 Å². The van der Waals surface area contributed by atoms with E-state index < -0.39 is 32.5 Å². The van der Waals surface area contributed by atoms with Crippen molar-refractivity contribution in [3.63, 3.8) is 0 Å². The van der Waals surface area contributed by atoms with Crippen LogP contribution in [0.15, 0.2) is 47.4 Å². The Balaban J connectivity index is 2.34. The normalized spacial score (nSPS) is 12.0. The van der Waals surface area contributed by atoms with Crippen LogP contribution in [-0.2, 0) is 16.2 Å². The molecule has 0 bridgehead atoms. The Labute approximate surface area is 129 Å². The van der Waals surface area contributed by atoms with Crippen molar-refractivity contribution in [1.82, 2.24) is 0 Å². The van der Waals surface area contributed by atoms with Gasteiger partial charge >= 0.3 is 6.18 Å². The Morgan fingerprint density at radius 3 is 2.17 bits per heavy atom. The lowest BCUT2D eigenvalue weighted by Gasteiger charge is -2.12. The second-order valence-electron chi connectivity index (χ2n) is 4.48. The van der Waals surface area contributed by atoms with Gasteiger partial charge in [-0.15, -0.1) is 0 Å². The average Bonchev–Trinajstić information content (AvgIpc) is 2.46. The van der Waals surface area contributed by atoms with Gasteiger partial charge in [-0.3, -0.25) is 4.72 Å². The summed E-state index contributed by atoms with van der Waals surface area (Å²) in [7, 11) is -3.01. The quantitative estimate of drug-likeness (QED) is 0.857. The van der Waals surface area contributed by atoms with Gasteiger partial charge in [-0.1, -0.05) is 0 Å². The molecule has 1 N–H and O–H groups in total. The van der Waals surface area contributed by atoms with Gasteiger partial charge in [0.05, 0.1) is 12.7 Å². The molecular weight excluding hydrogens is 338 g/mol. The van der Waals surface area contributed by atoms with Crippen LogP contribution in [0, 0.1) is 5.82 Å². The molecule has 4 nitrogen and oxygen atoms in total. The van der Waals surface area contributed by atoms with Gasteiger partial charge in [0.25, 0.3) is 10.0 Å². The van der Waals surface area contributed by atoms with Gasteiger partial charge in [-0.05, 0) is 42.5 Å². The zero-order valence-electron chi connectivity index (χ0n) is 11.7. The summed E-state index contributed by atoms with van der Waals surface area (Å²) in [4.78, 5) is -0.458. The number of methoxy groups -OCH3 is 1. The first-order valence-corrected chi connectivity index (χ1v) is 7.65. The summed E-state index contributed by atoms with van der Waals surface area (Å²) in [5, 5.41) is 0. The van der Waals surface area contributed by atoms with E-state index >= 15 is 0 Å². The molecule has 0 unspecified atom stereocenters. The molecular formula is C14H11F4NO3S. The predicted octanol–water partition coefficient (Wildman–Crippen LogP) is 3.65. The minimum absolute atomic E-state index is 0.0918. The molecule has 2 rings (SSSR count). The molecule has 0 aliphatic heterocycles. The van der Waals surface area contributed by atoms with Gasteiger partial charge in [-0.25, -0.2) is 12.8 Å². The van der Waals surface area contributed by atoms with Crippen LogP contribution in [-0.4, -0.2) is 15.5 Å². The number of ether oxygens (including phenoxy) is 1. The first-order chi connectivity index (χ1) is 10.6. The fourth-order valence-electron chi connectivity index (χ4n) is 1.80. The first-order valence-electron chi connectivity index (χ1n) is 6.17. The lowest BCUT2D eigenvalue weighted by molar-refractivity contribution is -0.137. The minimum Gasteiger partial charge on any atom is -0.495 e. The minimum atomic E-state index is -4.52. The predicted molar refractivity (Wildman–Crippen MR) is 75.2 cm³/mol. The number of alkyl halides is 3. The number of rotatable bonds is 4. The van der Waals surface area contributed by atoms with Gasteiger partial charge in [0.15, 0.2) is 0 Å². The van der Waals surface area contributed by atoms with Crippen molar-refractivity contribution in [1.29, 1.82) is 0 Å². The highest BCUT2D eigenvalue weighted by Crippen LogP contribution is 2.31. The third-order valence-corrected chi connectivity index (χ3v) is 4.28. The molecule has 0 aliphatic rings. The van der Waals surface area contributed by atoms with E-state index in [1.807, 2.05) is 0 Å². The van der Waals surface area contributed by atoms with Gasteiger partial charge in [0.2, 0.25) is 0 Å². The summed E-state index contributed by atoms with van der Waals surface area (Å²) in [5.74, 6) is -0.885. The van der Waals surface area contributed by atoms with Gasteiger partial charge in [0.1, 0.15) is 16.5 Å². The van der Waals surface area contributed by atoms with Crippen LogP contribution in [0.3, 0.4) is 0 Å². The SMILES string of the molecule is COc1ccc(F)cc1S(=O)(=O)Nc1ccc(C(F)(F)F)cc1. The molecule has 0 saturated carbocycles. The van der Waals surface area contributed by atoms with Gasteiger partial charge in [-0.2, -0.15) is 13.2 Å². The topological polar surface area (TPSA) is 55.4 Å². The Bertz CT molecular complexity index is 802. The third-order valence-electron chi connectivity index (χ3n) is 2.88. The van der Waals surface area contributed by atoms with Crippen molar-refractivity contribution in [2.45, 2.75) is 11.1 Å². The van der Waals surface area contributed by atoms with E-state index in [1.54, 1.807) is 0 Å². The van der Waals surface area contributed by atoms with Crippen molar-refractivity contribution in [3.05, 3.63) is 53.8 Å². The van der Waals surface area contributed by atoms with Crippen LogP contribution in [0.1, 0.15) is 5.56 Å². The second kappa shape index (κ2) is 6.07. The highest BCUT2D eigenvalue weighted by molar-refractivity contribution is 7.92. The summed E-state index contributed by atoms with van der Waals surface area (Å²) in [5.41, 5.74) is -1.01. The fraction of sp³-hybridized carbons (Fsp3) is 0.143. The molecule has 0 atom stereocenters. The first kappa shape index (κ1) is 17.1. The summed E-state index contributed by atoms with van der Waals surface area (Å²) in [6.45, 7) is 0. The molecule has 0 saturated heterocycles. The zero-order chi connectivity index (χ0) is 17.3. The number of nitrogens with one attached hydrogen (secondary N) is 1. The van der Waals surface area contributed by atoms with Crippen molar-refractivity contribution in [3.8, 4) is 5.75 Å². The second-order valence-corrected chi connectivity index (χ2v) is 6.13. The Morgan fingerprint density at radius 2 is 1.65 bits per heavy atom. The fourth-order valence-corrected chi connectivity index (χ4v) is 3.04. The van der Waals surface area contributed by atoms with Gasteiger partial charge < -0.3 is 4.74 Å². The molecule has 2 aromatic rings. The smallest absolute Gasteiger partial charge is 0.416 e. The molecule has 0 aromatic heterocycles. The van der Waals surface area contributed by atoms with E-state index in [2.05, 4.69) is 4.72 Å². The molecule has 0 heterocycles. The summed E-state index contributed by atoms with van der Waals surface area (Å²) >= 11 is 0. The number of halogens is 4. The van der Waals surface area contributed by atoms with Crippen molar-refractivity contribution < 1.29 is 30.7 Å². The Morgan fingerprint density at radius 1 is 1.04 bits per heavy atom. The molecule has 0 aliphatic carbocycles. The number of sulfonamides is 1. The molecule has 23 heavy (non-hydrogen) atoms. The molecule has 0 spiro atoms. The molecule has 0 amide bonds. The number of hydrogen-bond donors (Lipinski definition) is 1. The third kappa shape index (κ3) is 3.92. The maximum Gasteiger partial charge on any atom is 0.416 e. The average molecular weight is 349 g/mol. The molecule has 0 radical (unpaired) electrons. The Kier molecular flexibility index (Phi) is 4.51. The standard InChI is InChI=1S/C14H11F4NO3S/c1-22-12-7-4-10(15)8-13(12)23(20,21)19-11-5-2-9(3-6-11)14(16,17)18/h2-8,19H,1H3. The molecule has 0 fully saturated rings. The summed E-state index contributed by atoms with van der Waals surface area (Å²) < 4.78 is 82.1.